The van der Waals surface area contributed by atoms with Gasteiger partial charge >= 0.3 is 0 Å². The number of halogens is 2. The summed E-state index contributed by atoms with van der Waals surface area (Å²) in [5.74, 6) is -0.548. The first-order chi connectivity index (χ1) is 4.30. The maximum atomic E-state index is 10.3. The molecule has 0 bridgehead atoms. The monoisotopic (exact) mass is 195 g/mol. The second kappa shape index (κ2) is 5.88. The first-order valence-corrected chi connectivity index (χ1v) is 2.37. The highest BCUT2D eigenvalue weighted by Gasteiger charge is 1.98. The third kappa shape index (κ3) is 3.75. The average Bonchev–Trinajstić information content (AvgIpc) is 1.90. The van der Waals surface area contributed by atoms with Crippen LogP contribution in [0.15, 0.2) is 18.5 Å². The largest absolute Gasteiger partial charge is 0.363 e. The Bertz CT molecular complexity index is 216. The normalized spacial score (nSPS) is 7.27. The van der Waals surface area contributed by atoms with Crippen molar-refractivity contribution < 1.29 is 4.79 Å². The molecule has 4 nitrogen and oxygen atoms in total. The highest BCUT2D eigenvalue weighted by atomic mass is 35.5. The van der Waals surface area contributed by atoms with Crippen LogP contribution in [0.1, 0.15) is 10.6 Å². The molecule has 0 fully saturated rings. The summed E-state index contributed by atoms with van der Waals surface area (Å²) < 4.78 is 0. The van der Waals surface area contributed by atoms with E-state index in [9.17, 15) is 4.79 Å². The number of amides is 1. The third-order valence-corrected chi connectivity index (χ3v) is 0.786. The summed E-state index contributed by atoms with van der Waals surface area (Å²) in [6.45, 7) is 0. The summed E-state index contributed by atoms with van der Waals surface area (Å²) in [5.41, 5.74) is 4.85. The molecule has 0 unspecified atom stereocenters. The summed E-state index contributed by atoms with van der Waals surface area (Å²) in [6.07, 6.45) is 2.93. The van der Waals surface area contributed by atoms with Gasteiger partial charge in [0.15, 0.2) is 0 Å². The smallest absolute Gasteiger partial charge is 0.286 e. The highest BCUT2D eigenvalue weighted by Crippen LogP contribution is 1.82. The minimum atomic E-state index is -0.601. The lowest BCUT2D eigenvalue weighted by atomic mass is 10.5. The molecule has 11 heavy (non-hydrogen) atoms. The van der Waals surface area contributed by atoms with Gasteiger partial charge in [0, 0.05) is 12.4 Å². The van der Waals surface area contributed by atoms with Crippen LogP contribution in [0.4, 0.5) is 0 Å². The van der Waals surface area contributed by atoms with Crippen molar-refractivity contribution in [3.63, 3.8) is 0 Å². The van der Waals surface area contributed by atoms with Crippen LogP contribution in [-0.4, -0.2) is 15.9 Å². The number of rotatable bonds is 1. The number of aromatic nitrogens is 2. The number of hydrogen-bond donors (Lipinski definition) is 1. The van der Waals surface area contributed by atoms with Crippen molar-refractivity contribution in [3.8, 4) is 0 Å². The molecule has 2 N–H and O–H groups in total. The molecule has 0 aliphatic heterocycles. The molecule has 0 saturated carbocycles. The summed E-state index contributed by atoms with van der Waals surface area (Å²) in [7, 11) is 0. The van der Waals surface area contributed by atoms with Crippen LogP contribution in [0.5, 0.6) is 0 Å². The average molecular weight is 196 g/mol. The molecule has 62 valence electrons. The molecule has 0 radical (unpaired) electrons. The van der Waals surface area contributed by atoms with E-state index in [1.807, 2.05) is 0 Å². The number of primary amides is 1. The molecular weight excluding hydrogens is 189 g/mol. The van der Waals surface area contributed by atoms with Crippen molar-refractivity contribution in [2.75, 3.05) is 0 Å². The summed E-state index contributed by atoms with van der Waals surface area (Å²) in [5, 5.41) is 0. The van der Waals surface area contributed by atoms with Gasteiger partial charge in [-0.15, -0.1) is 24.8 Å². The molecule has 1 rings (SSSR count). The number of carbonyl (C=O) groups is 1. The lowest BCUT2D eigenvalue weighted by Gasteiger charge is -1.87. The number of carbonyl (C=O) groups excluding carboxylic acids is 1. The summed E-state index contributed by atoms with van der Waals surface area (Å²) >= 11 is 0. The van der Waals surface area contributed by atoms with Gasteiger partial charge in [-0.05, 0) is 6.07 Å². The predicted octanol–water partition coefficient (Wildman–Crippen LogP) is 0.419. The van der Waals surface area contributed by atoms with E-state index in [0.717, 1.165) is 0 Å². The SMILES string of the molecule is Cl.Cl.NC(=O)c1ncccn1. The topological polar surface area (TPSA) is 68.9 Å². The van der Waals surface area contributed by atoms with Gasteiger partial charge in [-0.3, -0.25) is 4.79 Å². The van der Waals surface area contributed by atoms with Crippen molar-refractivity contribution in [2.24, 2.45) is 5.73 Å². The Morgan fingerprint density at radius 1 is 1.27 bits per heavy atom. The molecular formula is C5H7Cl2N3O. The lowest BCUT2D eigenvalue weighted by molar-refractivity contribution is 0.0990. The van der Waals surface area contributed by atoms with Crippen molar-refractivity contribution in [2.45, 2.75) is 0 Å². The van der Waals surface area contributed by atoms with E-state index in [1.54, 1.807) is 6.07 Å². The third-order valence-electron chi connectivity index (χ3n) is 0.786. The van der Waals surface area contributed by atoms with Crippen molar-refractivity contribution in [1.82, 2.24) is 9.97 Å². The molecule has 1 amide bonds. The Balaban J connectivity index is 0. The maximum Gasteiger partial charge on any atom is 0.286 e. The van der Waals surface area contributed by atoms with Gasteiger partial charge in [0.2, 0.25) is 5.82 Å². The zero-order chi connectivity index (χ0) is 6.69. The molecule has 0 spiro atoms. The first kappa shape index (κ1) is 12.8. The van der Waals surface area contributed by atoms with E-state index in [0.29, 0.717) is 0 Å². The van der Waals surface area contributed by atoms with Crippen LogP contribution >= 0.6 is 24.8 Å². The van der Waals surface area contributed by atoms with Gasteiger partial charge in [0.05, 0.1) is 0 Å². The van der Waals surface area contributed by atoms with Crippen LogP contribution in [0.25, 0.3) is 0 Å². The fourth-order valence-corrected chi connectivity index (χ4v) is 0.426. The van der Waals surface area contributed by atoms with Gasteiger partial charge in [-0.25, -0.2) is 9.97 Å². The molecule has 6 heteroatoms. The van der Waals surface area contributed by atoms with E-state index in [1.165, 1.54) is 12.4 Å². The minimum Gasteiger partial charge on any atom is -0.363 e. The fourth-order valence-electron chi connectivity index (χ4n) is 0.426. The molecule has 0 saturated heterocycles. The lowest BCUT2D eigenvalue weighted by Crippen LogP contribution is -2.14. The van der Waals surface area contributed by atoms with E-state index in [4.69, 9.17) is 5.73 Å². The highest BCUT2D eigenvalue weighted by molar-refractivity contribution is 5.88. The quantitative estimate of drug-likeness (QED) is 0.707. The molecule has 1 heterocycles. The van der Waals surface area contributed by atoms with Crippen molar-refractivity contribution >= 4 is 30.7 Å². The Labute approximate surface area is 76.0 Å². The van der Waals surface area contributed by atoms with Crippen LogP contribution in [0.3, 0.4) is 0 Å². The van der Waals surface area contributed by atoms with Crippen molar-refractivity contribution in [3.05, 3.63) is 24.3 Å². The van der Waals surface area contributed by atoms with E-state index in [2.05, 4.69) is 9.97 Å². The second-order valence-corrected chi connectivity index (χ2v) is 1.44. The molecule has 0 aliphatic rings. The molecule has 1 aromatic rings. The van der Waals surface area contributed by atoms with E-state index < -0.39 is 5.91 Å². The Morgan fingerprint density at radius 2 is 1.73 bits per heavy atom. The zero-order valence-electron chi connectivity index (χ0n) is 5.43. The van der Waals surface area contributed by atoms with Gasteiger partial charge in [0.1, 0.15) is 0 Å². The number of nitrogens with two attached hydrogens (primary N) is 1. The van der Waals surface area contributed by atoms with Gasteiger partial charge in [0.25, 0.3) is 5.91 Å². The zero-order valence-corrected chi connectivity index (χ0v) is 7.06. The fraction of sp³-hybridized carbons (Fsp3) is 0. The second-order valence-electron chi connectivity index (χ2n) is 1.44. The standard InChI is InChI=1S/C5H5N3O.2ClH/c6-4(9)5-7-2-1-3-8-5;;/h1-3H,(H2,6,9);2*1H. The maximum absolute atomic E-state index is 10.3. The molecule has 1 aromatic heterocycles. The van der Waals surface area contributed by atoms with Gasteiger partial charge < -0.3 is 5.73 Å². The van der Waals surface area contributed by atoms with Crippen LogP contribution in [0.2, 0.25) is 0 Å². The Hall–Kier alpha value is -0.870. The number of hydrogen-bond acceptors (Lipinski definition) is 3. The number of nitrogens with zero attached hydrogens (tertiary/aromatic N) is 2. The van der Waals surface area contributed by atoms with Gasteiger partial charge in [-0.1, -0.05) is 0 Å². The molecule has 0 aliphatic carbocycles. The Kier molecular flexibility index (Phi) is 6.83. The Morgan fingerprint density at radius 3 is 2.00 bits per heavy atom. The first-order valence-electron chi connectivity index (χ1n) is 2.37. The van der Waals surface area contributed by atoms with E-state index in [-0.39, 0.29) is 30.6 Å². The molecule has 0 aromatic carbocycles. The van der Waals surface area contributed by atoms with E-state index >= 15 is 0 Å². The molecule has 0 atom stereocenters. The summed E-state index contributed by atoms with van der Waals surface area (Å²) in [4.78, 5) is 17.5. The summed E-state index contributed by atoms with van der Waals surface area (Å²) in [6, 6.07) is 1.62. The van der Waals surface area contributed by atoms with Crippen LogP contribution in [-0.2, 0) is 0 Å². The van der Waals surface area contributed by atoms with Crippen LogP contribution < -0.4 is 5.73 Å². The predicted molar refractivity (Wildman–Crippen MR) is 45.0 cm³/mol. The minimum absolute atomic E-state index is 0. The van der Waals surface area contributed by atoms with Gasteiger partial charge in [-0.2, -0.15) is 0 Å². The van der Waals surface area contributed by atoms with Crippen molar-refractivity contribution in [1.29, 1.82) is 0 Å². The van der Waals surface area contributed by atoms with Crippen LogP contribution in [0, 0.1) is 0 Å².